The van der Waals surface area contributed by atoms with Gasteiger partial charge in [0.1, 0.15) is 5.69 Å². The van der Waals surface area contributed by atoms with Crippen molar-refractivity contribution >= 4 is 16.9 Å². The normalized spacial score (nSPS) is 10.9. The second-order valence-electron chi connectivity index (χ2n) is 4.31. The van der Waals surface area contributed by atoms with Crippen molar-refractivity contribution in [1.82, 2.24) is 20.1 Å². The van der Waals surface area contributed by atoms with Crippen molar-refractivity contribution in [3.05, 3.63) is 36.2 Å². The van der Waals surface area contributed by atoms with E-state index in [1.165, 1.54) is 0 Å². The van der Waals surface area contributed by atoms with E-state index in [-0.39, 0.29) is 5.91 Å². The first-order valence-corrected chi connectivity index (χ1v) is 6.37. The summed E-state index contributed by atoms with van der Waals surface area (Å²) in [5, 5.41) is 7.63. The molecule has 3 rings (SSSR count). The molecule has 6 heteroatoms. The Balaban J connectivity index is 2.30. The Hall–Kier alpha value is -2.63. The topological polar surface area (TPSA) is 73.0 Å². The fourth-order valence-corrected chi connectivity index (χ4v) is 2.15. The largest absolute Gasteiger partial charge is 0.463 e. The molecule has 6 nitrogen and oxygen atoms in total. The molecule has 0 radical (unpaired) electrons. The number of furan rings is 1. The van der Waals surface area contributed by atoms with Gasteiger partial charge in [-0.25, -0.2) is 9.67 Å². The van der Waals surface area contributed by atoms with Gasteiger partial charge in [-0.1, -0.05) is 0 Å². The number of rotatable bonds is 3. The summed E-state index contributed by atoms with van der Waals surface area (Å²) in [7, 11) is 1.60. The molecule has 0 bridgehead atoms. The molecule has 0 saturated carbocycles. The molecule has 0 spiro atoms. The molecule has 0 aliphatic carbocycles. The molecule has 0 fully saturated rings. The first-order valence-electron chi connectivity index (χ1n) is 6.37. The van der Waals surface area contributed by atoms with Gasteiger partial charge in [0.25, 0.3) is 5.91 Å². The lowest BCUT2D eigenvalue weighted by Crippen LogP contribution is -2.18. The number of amides is 1. The van der Waals surface area contributed by atoms with Gasteiger partial charge >= 0.3 is 0 Å². The number of aromatic nitrogens is 3. The van der Waals surface area contributed by atoms with Crippen molar-refractivity contribution in [2.75, 3.05) is 7.05 Å². The predicted molar refractivity (Wildman–Crippen MR) is 74.3 cm³/mol. The highest BCUT2D eigenvalue weighted by molar-refractivity contribution is 6.06. The number of pyridine rings is 1. The van der Waals surface area contributed by atoms with Crippen molar-refractivity contribution in [2.24, 2.45) is 0 Å². The third kappa shape index (κ3) is 1.85. The van der Waals surface area contributed by atoms with Gasteiger partial charge in [0.05, 0.1) is 23.4 Å². The maximum absolute atomic E-state index is 12.0. The molecule has 102 valence electrons. The van der Waals surface area contributed by atoms with Gasteiger partial charge in [-0.15, -0.1) is 0 Å². The lowest BCUT2D eigenvalue weighted by atomic mass is 10.1. The molecule has 1 amide bonds. The fourth-order valence-electron chi connectivity index (χ4n) is 2.15. The molecule has 0 atom stereocenters. The predicted octanol–water partition coefficient (Wildman–Crippen LogP) is 2.07. The summed E-state index contributed by atoms with van der Waals surface area (Å²) in [5.74, 6) is 0.460. The molecule has 0 saturated heterocycles. The van der Waals surface area contributed by atoms with Crippen LogP contribution in [0.15, 0.2) is 35.1 Å². The van der Waals surface area contributed by atoms with Crippen molar-refractivity contribution < 1.29 is 9.21 Å². The Morgan fingerprint density at radius 2 is 2.35 bits per heavy atom. The third-order valence-corrected chi connectivity index (χ3v) is 3.15. The molecule has 0 aromatic carbocycles. The van der Waals surface area contributed by atoms with Crippen LogP contribution in [-0.4, -0.2) is 27.7 Å². The number of fused-ring (bicyclic) bond motifs is 1. The minimum atomic E-state index is -0.166. The summed E-state index contributed by atoms with van der Waals surface area (Å²) in [6.45, 7) is 2.67. The second kappa shape index (κ2) is 4.80. The molecule has 0 unspecified atom stereocenters. The van der Waals surface area contributed by atoms with Crippen molar-refractivity contribution in [2.45, 2.75) is 13.5 Å². The molecular weight excluding hydrogens is 256 g/mol. The van der Waals surface area contributed by atoms with E-state index in [2.05, 4.69) is 15.4 Å². The smallest absolute Gasteiger partial charge is 0.251 e. The molecule has 3 heterocycles. The highest BCUT2D eigenvalue weighted by Crippen LogP contribution is 2.25. The van der Waals surface area contributed by atoms with Gasteiger partial charge in [-0.3, -0.25) is 4.79 Å². The lowest BCUT2D eigenvalue weighted by Gasteiger charge is -2.05. The highest BCUT2D eigenvalue weighted by Gasteiger charge is 2.17. The van der Waals surface area contributed by atoms with Gasteiger partial charge < -0.3 is 9.73 Å². The zero-order valence-electron chi connectivity index (χ0n) is 11.3. The average molecular weight is 270 g/mol. The van der Waals surface area contributed by atoms with E-state index >= 15 is 0 Å². The SMILES string of the molecule is CCn1ncc2c(C(=O)NC)cc(-c3ccco3)nc21. The molecule has 0 aliphatic rings. The molecule has 1 N–H and O–H groups in total. The maximum atomic E-state index is 12.0. The zero-order chi connectivity index (χ0) is 14.1. The van der Waals surface area contributed by atoms with Crippen LogP contribution >= 0.6 is 0 Å². The summed E-state index contributed by atoms with van der Waals surface area (Å²) in [5.41, 5.74) is 1.85. The number of nitrogens with zero attached hydrogens (tertiary/aromatic N) is 3. The van der Waals surface area contributed by atoms with E-state index in [0.717, 1.165) is 5.39 Å². The van der Waals surface area contributed by atoms with E-state index in [1.807, 2.05) is 13.0 Å². The lowest BCUT2D eigenvalue weighted by molar-refractivity contribution is 0.0964. The van der Waals surface area contributed by atoms with E-state index in [9.17, 15) is 4.79 Å². The van der Waals surface area contributed by atoms with Crippen LogP contribution in [0.25, 0.3) is 22.5 Å². The summed E-state index contributed by atoms with van der Waals surface area (Å²) < 4.78 is 7.12. The summed E-state index contributed by atoms with van der Waals surface area (Å²) in [4.78, 5) is 16.6. The Morgan fingerprint density at radius 3 is 3.00 bits per heavy atom. The van der Waals surface area contributed by atoms with Crippen LogP contribution < -0.4 is 5.32 Å². The molecular formula is C14H14N4O2. The van der Waals surface area contributed by atoms with E-state index < -0.39 is 0 Å². The van der Waals surface area contributed by atoms with Gasteiger partial charge in [0, 0.05) is 13.6 Å². The quantitative estimate of drug-likeness (QED) is 0.790. The average Bonchev–Trinajstić information content (AvgIpc) is 3.14. The van der Waals surface area contributed by atoms with Crippen molar-refractivity contribution in [3.63, 3.8) is 0 Å². The van der Waals surface area contributed by atoms with Gasteiger partial charge in [0.2, 0.25) is 0 Å². The number of aryl methyl sites for hydroxylation is 1. The van der Waals surface area contributed by atoms with Crippen LogP contribution in [0.4, 0.5) is 0 Å². The molecule has 0 aliphatic heterocycles. The van der Waals surface area contributed by atoms with Crippen LogP contribution in [0.1, 0.15) is 17.3 Å². The second-order valence-corrected chi connectivity index (χ2v) is 4.31. The fraction of sp³-hybridized carbons (Fsp3) is 0.214. The van der Waals surface area contributed by atoms with Crippen LogP contribution in [0.5, 0.6) is 0 Å². The molecule has 3 aromatic heterocycles. The third-order valence-electron chi connectivity index (χ3n) is 3.15. The summed E-state index contributed by atoms with van der Waals surface area (Å²) in [6, 6.07) is 5.33. The van der Waals surface area contributed by atoms with E-state index in [0.29, 0.717) is 29.2 Å². The van der Waals surface area contributed by atoms with Crippen molar-refractivity contribution in [3.8, 4) is 11.5 Å². The standard InChI is InChI=1S/C14H14N4O2/c1-3-18-13-10(8-16-18)9(14(19)15-2)7-11(17-13)12-5-4-6-20-12/h4-8H,3H2,1-2H3,(H,15,19). The summed E-state index contributed by atoms with van der Waals surface area (Å²) >= 11 is 0. The number of carbonyl (C=O) groups is 1. The number of hydrogen-bond donors (Lipinski definition) is 1. The molecule has 3 aromatic rings. The van der Waals surface area contributed by atoms with Crippen LogP contribution in [0.3, 0.4) is 0 Å². The van der Waals surface area contributed by atoms with E-state index in [4.69, 9.17) is 4.42 Å². The first-order chi connectivity index (χ1) is 9.74. The minimum Gasteiger partial charge on any atom is -0.463 e. The number of hydrogen-bond acceptors (Lipinski definition) is 4. The van der Waals surface area contributed by atoms with Gasteiger partial charge in [-0.2, -0.15) is 5.10 Å². The van der Waals surface area contributed by atoms with E-state index in [1.54, 1.807) is 36.3 Å². The van der Waals surface area contributed by atoms with Crippen LogP contribution in [0, 0.1) is 0 Å². The molecule has 20 heavy (non-hydrogen) atoms. The van der Waals surface area contributed by atoms with Crippen molar-refractivity contribution in [1.29, 1.82) is 0 Å². The Labute approximate surface area is 115 Å². The number of nitrogens with one attached hydrogen (secondary N) is 1. The Kier molecular flexibility index (Phi) is 2.98. The Morgan fingerprint density at radius 1 is 1.50 bits per heavy atom. The van der Waals surface area contributed by atoms with Crippen LogP contribution in [-0.2, 0) is 6.54 Å². The van der Waals surface area contributed by atoms with Gasteiger partial charge in [-0.05, 0) is 25.1 Å². The van der Waals surface area contributed by atoms with Gasteiger partial charge in [0.15, 0.2) is 11.4 Å². The first kappa shape index (κ1) is 12.4. The maximum Gasteiger partial charge on any atom is 0.251 e. The minimum absolute atomic E-state index is 0.166. The highest BCUT2D eigenvalue weighted by atomic mass is 16.3. The zero-order valence-corrected chi connectivity index (χ0v) is 11.3. The Bertz CT molecular complexity index is 759. The van der Waals surface area contributed by atoms with Crippen LogP contribution in [0.2, 0.25) is 0 Å². The summed E-state index contributed by atoms with van der Waals surface area (Å²) in [6.07, 6.45) is 3.25. The number of carbonyl (C=O) groups excluding carboxylic acids is 1. The monoisotopic (exact) mass is 270 g/mol.